The van der Waals surface area contributed by atoms with Gasteiger partial charge in [-0.3, -0.25) is 0 Å². The minimum Gasteiger partial charge on any atom is -0.207 e. The molecule has 14 heavy (non-hydrogen) atoms. The van der Waals surface area contributed by atoms with Crippen LogP contribution in [-0.2, 0) is 15.5 Å². The van der Waals surface area contributed by atoms with Gasteiger partial charge in [-0.05, 0) is 43.0 Å². The van der Waals surface area contributed by atoms with Crippen LogP contribution in [0.2, 0.25) is 0 Å². The minimum atomic E-state index is -3.61. The van der Waals surface area contributed by atoms with Crippen molar-refractivity contribution in [3.8, 4) is 0 Å². The molecule has 1 aromatic carbocycles. The van der Waals surface area contributed by atoms with E-state index in [0.717, 1.165) is 17.5 Å². The summed E-state index contributed by atoms with van der Waals surface area (Å²) in [7, 11) is 1.71. The lowest BCUT2D eigenvalue weighted by atomic mass is 10.0. The molecule has 4 heteroatoms. The summed E-state index contributed by atoms with van der Waals surface area (Å²) in [4.78, 5) is 0.224. The van der Waals surface area contributed by atoms with Gasteiger partial charge in [0.25, 0.3) is 9.05 Å². The molecule has 0 amide bonds. The second-order valence-electron chi connectivity index (χ2n) is 3.34. The van der Waals surface area contributed by atoms with E-state index in [1.807, 2.05) is 19.9 Å². The van der Waals surface area contributed by atoms with Gasteiger partial charge in [0.15, 0.2) is 0 Å². The fraction of sp³-hybridized carbons (Fsp3) is 0.400. The van der Waals surface area contributed by atoms with Crippen molar-refractivity contribution in [2.45, 2.75) is 32.1 Å². The Hall–Kier alpha value is -0.540. The van der Waals surface area contributed by atoms with E-state index in [-0.39, 0.29) is 4.90 Å². The van der Waals surface area contributed by atoms with Crippen molar-refractivity contribution in [3.05, 3.63) is 28.8 Å². The predicted molar refractivity (Wildman–Crippen MR) is 58.3 cm³/mol. The topological polar surface area (TPSA) is 34.1 Å². The molecule has 0 atom stereocenters. The van der Waals surface area contributed by atoms with Gasteiger partial charge in [-0.15, -0.1) is 0 Å². The molecular formula is C10H13ClO2S. The van der Waals surface area contributed by atoms with Gasteiger partial charge in [-0.2, -0.15) is 0 Å². The van der Waals surface area contributed by atoms with E-state index in [4.69, 9.17) is 10.7 Å². The molecular weight excluding hydrogens is 220 g/mol. The number of hydrogen-bond acceptors (Lipinski definition) is 2. The Bertz CT molecular complexity index is 449. The van der Waals surface area contributed by atoms with Crippen molar-refractivity contribution in [2.75, 3.05) is 0 Å². The molecule has 0 saturated carbocycles. The Labute approximate surface area is 89.3 Å². The molecule has 1 rings (SSSR count). The number of halogens is 1. The van der Waals surface area contributed by atoms with Gasteiger partial charge in [0.1, 0.15) is 0 Å². The summed E-state index contributed by atoms with van der Waals surface area (Å²) in [5, 5.41) is 0. The molecule has 0 fully saturated rings. The maximum absolute atomic E-state index is 11.2. The summed E-state index contributed by atoms with van der Waals surface area (Å²) < 4.78 is 22.4. The lowest BCUT2D eigenvalue weighted by Gasteiger charge is -2.08. The molecule has 1 aromatic rings. The highest BCUT2D eigenvalue weighted by Gasteiger charge is 2.14. The summed E-state index contributed by atoms with van der Waals surface area (Å²) in [6.45, 7) is 5.71. The summed E-state index contributed by atoms with van der Waals surface area (Å²) in [6, 6.07) is 3.51. The molecule has 0 aromatic heterocycles. The Morgan fingerprint density at radius 3 is 2.21 bits per heavy atom. The molecule has 0 saturated heterocycles. The van der Waals surface area contributed by atoms with Crippen LogP contribution in [0.4, 0.5) is 0 Å². The zero-order valence-corrected chi connectivity index (χ0v) is 10.0. The first-order valence-electron chi connectivity index (χ1n) is 4.41. The third-order valence-corrected chi connectivity index (χ3v) is 3.74. The van der Waals surface area contributed by atoms with Crippen molar-refractivity contribution in [2.24, 2.45) is 0 Å². The van der Waals surface area contributed by atoms with Crippen LogP contribution in [0.3, 0.4) is 0 Å². The van der Waals surface area contributed by atoms with Crippen LogP contribution in [-0.4, -0.2) is 8.42 Å². The Morgan fingerprint density at radius 1 is 1.21 bits per heavy atom. The van der Waals surface area contributed by atoms with Crippen molar-refractivity contribution in [1.82, 2.24) is 0 Å². The van der Waals surface area contributed by atoms with Crippen molar-refractivity contribution in [3.63, 3.8) is 0 Å². The second-order valence-corrected chi connectivity index (χ2v) is 5.87. The fourth-order valence-corrected chi connectivity index (χ4v) is 2.74. The molecule has 0 heterocycles. The lowest BCUT2D eigenvalue weighted by Crippen LogP contribution is -1.98. The third kappa shape index (κ3) is 2.28. The third-order valence-electron chi connectivity index (χ3n) is 2.28. The molecule has 0 aliphatic carbocycles. The molecule has 78 valence electrons. The maximum Gasteiger partial charge on any atom is 0.261 e. The van der Waals surface area contributed by atoms with Gasteiger partial charge in [0, 0.05) is 10.7 Å². The van der Waals surface area contributed by atoms with Gasteiger partial charge in [0.05, 0.1) is 4.90 Å². The number of aryl methyl sites for hydroxylation is 3. The Morgan fingerprint density at radius 2 is 1.79 bits per heavy atom. The van der Waals surface area contributed by atoms with Crippen molar-refractivity contribution in [1.29, 1.82) is 0 Å². The standard InChI is InChI=1S/C10H13ClO2S/c1-4-9-6-10(14(11,12)13)8(3)5-7(9)2/h5-6H,4H2,1-3H3. The molecule has 2 nitrogen and oxygen atoms in total. The van der Waals surface area contributed by atoms with Gasteiger partial charge in [0.2, 0.25) is 0 Å². The lowest BCUT2D eigenvalue weighted by molar-refractivity contribution is 0.609. The normalized spacial score (nSPS) is 11.7. The summed E-state index contributed by atoms with van der Waals surface area (Å²) >= 11 is 0. The molecule has 0 spiro atoms. The van der Waals surface area contributed by atoms with E-state index < -0.39 is 9.05 Å². The largest absolute Gasteiger partial charge is 0.261 e. The first kappa shape index (κ1) is 11.5. The van der Waals surface area contributed by atoms with Gasteiger partial charge in [-0.1, -0.05) is 13.0 Å². The van der Waals surface area contributed by atoms with Gasteiger partial charge < -0.3 is 0 Å². The summed E-state index contributed by atoms with van der Waals surface area (Å²) in [5.74, 6) is 0. The van der Waals surface area contributed by atoms with Crippen molar-refractivity contribution < 1.29 is 8.42 Å². The maximum atomic E-state index is 11.2. The number of hydrogen-bond donors (Lipinski definition) is 0. The van der Waals surface area contributed by atoms with E-state index in [1.165, 1.54) is 0 Å². The second kappa shape index (κ2) is 3.91. The molecule has 0 N–H and O–H groups in total. The van der Waals surface area contributed by atoms with Crippen LogP contribution in [0, 0.1) is 13.8 Å². The summed E-state index contributed by atoms with van der Waals surface area (Å²) in [5.41, 5.74) is 2.83. The van der Waals surface area contributed by atoms with Crippen LogP contribution < -0.4 is 0 Å². The molecule has 0 bridgehead atoms. The summed E-state index contributed by atoms with van der Waals surface area (Å²) in [6.07, 6.45) is 0.811. The van der Waals surface area contributed by atoms with E-state index in [9.17, 15) is 8.42 Å². The SMILES string of the molecule is CCc1cc(S(=O)(=O)Cl)c(C)cc1C. The average molecular weight is 233 g/mol. The minimum absolute atomic E-state index is 0.224. The highest BCUT2D eigenvalue weighted by molar-refractivity contribution is 8.13. The number of benzene rings is 1. The van der Waals surface area contributed by atoms with Crippen molar-refractivity contribution >= 4 is 19.7 Å². The smallest absolute Gasteiger partial charge is 0.207 e. The highest BCUT2D eigenvalue weighted by Crippen LogP contribution is 2.23. The van der Waals surface area contributed by atoms with Crippen LogP contribution in [0.25, 0.3) is 0 Å². The zero-order valence-electron chi connectivity index (χ0n) is 8.46. The van der Waals surface area contributed by atoms with E-state index >= 15 is 0 Å². The van der Waals surface area contributed by atoms with E-state index in [0.29, 0.717) is 5.56 Å². The Kier molecular flexibility index (Phi) is 3.22. The molecule has 0 unspecified atom stereocenters. The van der Waals surface area contributed by atoms with Crippen LogP contribution in [0.1, 0.15) is 23.6 Å². The average Bonchev–Trinajstić information content (AvgIpc) is 2.02. The van der Waals surface area contributed by atoms with Crippen LogP contribution >= 0.6 is 10.7 Å². The molecule has 0 aliphatic heterocycles. The first-order chi connectivity index (χ1) is 6.36. The van der Waals surface area contributed by atoms with Gasteiger partial charge >= 0.3 is 0 Å². The number of rotatable bonds is 2. The fourth-order valence-electron chi connectivity index (χ4n) is 1.52. The first-order valence-corrected chi connectivity index (χ1v) is 6.72. The van der Waals surface area contributed by atoms with E-state index in [1.54, 1.807) is 13.0 Å². The Balaban J connectivity index is 3.47. The molecule has 0 aliphatic rings. The predicted octanol–water partition coefficient (Wildman–Crippen LogP) is 2.79. The van der Waals surface area contributed by atoms with E-state index in [2.05, 4.69) is 0 Å². The van der Waals surface area contributed by atoms with Gasteiger partial charge in [-0.25, -0.2) is 8.42 Å². The quantitative estimate of drug-likeness (QED) is 0.735. The molecule has 0 radical (unpaired) electrons. The van der Waals surface area contributed by atoms with Crippen LogP contribution in [0.5, 0.6) is 0 Å². The monoisotopic (exact) mass is 232 g/mol. The zero-order chi connectivity index (χ0) is 10.9. The van der Waals surface area contributed by atoms with Crippen LogP contribution in [0.15, 0.2) is 17.0 Å². The highest BCUT2D eigenvalue weighted by atomic mass is 35.7.